The molecule has 12 nitrogen and oxygen atoms in total. The summed E-state index contributed by atoms with van der Waals surface area (Å²) in [6.45, 7) is -0.379. The maximum Gasteiger partial charge on any atom is 0.387 e. The van der Waals surface area contributed by atoms with Crippen LogP contribution in [0.2, 0.25) is 10.0 Å². The number of aromatic amines is 1. The van der Waals surface area contributed by atoms with Gasteiger partial charge >= 0.3 is 18.6 Å². The lowest BCUT2D eigenvalue weighted by Gasteiger charge is -2.44. The van der Waals surface area contributed by atoms with Crippen molar-refractivity contribution in [3.05, 3.63) is 117 Å². The molecule has 4 aromatic rings. The number of ether oxygens (including phenoxy) is 4. The number of anilines is 1. The van der Waals surface area contributed by atoms with Crippen molar-refractivity contribution in [3.8, 4) is 11.5 Å². The van der Waals surface area contributed by atoms with Gasteiger partial charge in [0.2, 0.25) is 10.0 Å². The van der Waals surface area contributed by atoms with Gasteiger partial charge in [-0.3, -0.25) is 4.90 Å². The van der Waals surface area contributed by atoms with Crippen LogP contribution < -0.4 is 24.5 Å². The number of carbonyl (C=O) groups excluding carboxylic acids is 2. The molecular weight excluding hydrogens is 829 g/mol. The molecule has 314 valence electrons. The number of nitrogens with zero attached hydrogens (tertiary/aromatic N) is 1. The molecule has 1 unspecified atom stereocenters. The third-order valence-electron chi connectivity index (χ3n) is 10.7. The Bertz CT molecular complexity index is 2220. The van der Waals surface area contributed by atoms with Crippen LogP contribution in [0.1, 0.15) is 70.4 Å². The van der Waals surface area contributed by atoms with Gasteiger partial charge in [-0.05, 0) is 97.6 Å². The summed E-state index contributed by atoms with van der Waals surface area (Å²) in [4.78, 5) is 33.5. The number of alkyl halides is 2. The number of pyridine rings is 1. The number of H-pyrrole nitrogens is 1. The fourth-order valence-corrected chi connectivity index (χ4v) is 8.33. The fourth-order valence-electron chi connectivity index (χ4n) is 7.37. The second-order valence-electron chi connectivity index (χ2n) is 15.2. The summed E-state index contributed by atoms with van der Waals surface area (Å²) in [5.41, 5.74) is 2.16. The highest BCUT2D eigenvalue weighted by Crippen LogP contribution is 2.39. The van der Waals surface area contributed by atoms with Gasteiger partial charge in [-0.2, -0.15) is 8.78 Å². The van der Waals surface area contributed by atoms with Crippen molar-refractivity contribution in [3.63, 3.8) is 0 Å². The van der Waals surface area contributed by atoms with E-state index in [0.717, 1.165) is 45.0 Å². The van der Waals surface area contributed by atoms with Crippen LogP contribution >= 0.6 is 23.2 Å². The minimum Gasteiger partial charge on any atom is -0.489 e. The fraction of sp³-hybridized carbons (Fsp3) is 0.405. The minimum atomic E-state index is -3.65. The second kappa shape index (κ2) is 18.8. The topological polar surface area (TPSA) is 147 Å². The van der Waals surface area contributed by atoms with Crippen molar-refractivity contribution in [1.82, 2.24) is 9.62 Å². The molecule has 8 rings (SSSR count). The van der Waals surface area contributed by atoms with Gasteiger partial charge in [-0.25, -0.2) is 27.7 Å². The van der Waals surface area contributed by atoms with Gasteiger partial charge in [-0.15, -0.1) is 0 Å². The average Bonchev–Trinajstić information content (AvgIpc) is 4.05. The number of hydrogen-bond donors (Lipinski definition) is 2. The van der Waals surface area contributed by atoms with Crippen molar-refractivity contribution in [2.75, 3.05) is 37.8 Å². The van der Waals surface area contributed by atoms with Crippen molar-refractivity contribution in [2.24, 2.45) is 11.8 Å². The van der Waals surface area contributed by atoms with E-state index >= 15 is 0 Å². The van der Waals surface area contributed by atoms with Crippen molar-refractivity contribution in [2.45, 2.75) is 63.5 Å². The Morgan fingerprint density at radius 1 is 0.932 bits per heavy atom. The Kier molecular flexibility index (Phi) is 13.6. The van der Waals surface area contributed by atoms with Crippen LogP contribution in [0.3, 0.4) is 0 Å². The summed E-state index contributed by atoms with van der Waals surface area (Å²) in [6, 6.07) is 17.0. The van der Waals surface area contributed by atoms with Gasteiger partial charge in [0.05, 0.1) is 18.4 Å². The number of halogens is 4. The predicted molar refractivity (Wildman–Crippen MR) is 216 cm³/mol. The monoisotopic (exact) mass is 873 g/mol. The van der Waals surface area contributed by atoms with Crippen LogP contribution in [0.5, 0.6) is 11.5 Å². The largest absolute Gasteiger partial charge is 0.489 e. The molecule has 1 aliphatic carbocycles. The number of nitrogens with one attached hydrogen (secondary N) is 3. The third kappa shape index (κ3) is 11.6. The number of aromatic nitrogens is 1. The summed E-state index contributed by atoms with van der Waals surface area (Å²) >= 11 is 13.1. The molecule has 59 heavy (non-hydrogen) atoms. The molecule has 0 spiro atoms. The lowest BCUT2D eigenvalue weighted by atomic mass is 9.86. The standard InChI is InChI=1S/C42H44Cl2F2N4O8S/c1-59(53,54)48-20-26-15-30(17-31(16-26)49-39(28-5-3-2-4-6-28)41(52)57-38-23-50-13-11-27(38)12-14-50)40(51)56-36(19-32-33(43)21-47-22-34(32)44)29-9-10-35(58-42(45)46)37(18-29)55-24-25-7-8-25/h2-6,9-10,15-18,21-22,25,27,36,38-39,42,48-49H,7-8,11-14,19-20,23-24H2,1H3/p+1/t36-,38-,39?/m0/s1. The Morgan fingerprint density at radius 3 is 2.31 bits per heavy atom. The van der Waals surface area contributed by atoms with Crippen molar-refractivity contribution >= 4 is 50.9 Å². The molecule has 3 N–H and O–H groups in total. The van der Waals surface area contributed by atoms with Gasteiger partial charge in [0.25, 0.3) is 0 Å². The first-order valence-electron chi connectivity index (χ1n) is 19.4. The van der Waals surface area contributed by atoms with E-state index in [9.17, 15) is 26.8 Å². The summed E-state index contributed by atoms with van der Waals surface area (Å²) < 4.78 is 76.6. The van der Waals surface area contributed by atoms with Gasteiger partial charge in [0.15, 0.2) is 29.9 Å². The molecule has 4 aliphatic rings. The number of esters is 2. The lowest BCUT2D eigenvalue weighted by Crippen LogP contribution is -2.52. The predicted octanol–water partition coefficient (Wildman–Crippen LogP) is 7.18. The van der Waals surface area contributed by atoms with Crippen LogP contribution in [-0.4, -0.2) is 70.5 Å². The molecule has 1 aromatic heterocycles. The zero-order valence-corrected chi connectivity index (χ0v) is 34.5. The molecule has 3 saturated heterocycles. The summed E-state index contributed by atoms with van der Waals surface area (Å²) in [5, 5.41) is 3.78. The summed E-state index contributed by atoms with van der Waals surface area (Å²) in [5.74, 6) is -0.887. The van der Waals surface area contributed by atoms with E-state index in [1.807, 2.05) is 6.07 Å². The molecule has 0 amide bonds. The number of fused-ring (bicyclic) bond motifs is 3. The van der Waals surface area contributed by atoms with Crippen LogP contribution in [0.25, 0.3) is 0 Å². The zero-order valence-electron chi connectivity index (χ0n) is 32.2. The first-order chi connectivity index (χ1) is 28.3. The molecule has 17 heteroatoms. The van der Waals surface area contributed by atoms with E-state index in [-0.39, 0.29) is 52.1 Å². The first kappa shape index (κ1) is 42.6. The van der Waals surface area contributed by atoms with E-state index in [2.05, 4.69) is 19.9 Å². The Hall–Kier alpha value is -4.54. The Balaban J connectivity index is 1.22. The minimum absolute atomic E-state index is 0.0179. The molecule has 3 aliphatic heterocycles. The SMILES string of the molecule is CS(=O)(=O)NCc1cc(NC(C(=O)O[C@H]2CN3CCC2CC3)c2ccccc2)cc(C(=O)O[C@@H](Cc2c(Cl)c[nH+]cc2Cl)c2ccc(OC(F)F)c(OCC3CC3)c2)c1. The quantitative estimate of drug-likeness (QED) is 0.0987. The van der Waals surface area contributed by atoms with Crippen LogP contribution in [0, 0.1) is 11.8 Å². The maximum atomic E-state index is 14.3. The second-order valence-corrected chi connectivity index (χ2v) is 17.8. The van der Waals surface area contributed by atoms with Gasteiger partial charge in [0.1, 0.15) is 22.3 Å². The van der Waals surface area contributed by atoms with Crippen LogP contribution in [0.15, 0.2) is 79.1 Å². The summed E-state index contributed by atoms with van der Waals surface area (Å²) in [7, 11) is -3.65. The van der Waals surface area contributed by atoms with E-state index in [4.69, 9.17) is 42.1 Å². The van der Waals surface area contributed by atoms with Crippen molar-refractivity contribution < 1.29 is 50.7 Å². The van der Waals surface area contributed by atoms with E-state index < -0.39 is 40.7 Å². The molecule has 4 fully saturated rings. The average molecular weight is 875 g/mol. The molecule has 1 saturated carbocycles. The van der Waals surface area contributed by atoms with Gasteiger partial charge in [0, 0.05) is 30.8 Å². The number of benzene rings is 3. The molecule has 2 bridgehead atoms. The maximum absolute atomic E-state index is 14.3. The first-order valence-corrected chi connectivity index (χ1v) is 22.0. The third-order valence-corrected chi connectivity index (χ3v) is 12.0. The highest BCUT2D eigenvalue weighted by atomic mass is 35.5. The number of hydrogen-bond acceptors (Lipinski definition) is 10. The van der Waals surface area contributed by atoms with Crippen LogP contribution in [-0.2, 0) is 37.3 Å². The number of piperidine rings is 3. The van der Waals surface area contributed by atoms with E-state index in [0.29, 0.717) is 47.0 Å². The molecule has 3 aromatic carbocycles. The summed E-state index contributed by atoms with van der Waals surface area (Å²) in [6.07, 6.45) is 6.49. The highest BCUT2D eigenvalue weighted by molar-refractivity contribution is 7.88. The normalized spacial score (nSPS) is 19.8. The number of rotatable bonds is 18. The van der Waals surface area contributed by atoms with Crippen LogP contribution in [0.4, 0.5) is 14.5 Å². The number of carbonyl (C=O) groups is 2. The van der Waals surface area contributed by atoms with E-state index in [1.165, 1.54) is 42.7 Å². The molecule has 3 atom stereocenters. The lowest BCUT2D eigenvalue weighted by molar-refractivity contribution is -0.377. The Morgan fingerprint density at radius 2 is 1.66 bits per heavy atom. The molecular formula is C42H45Cl2F2N4O8S+. The Labute approximate surface area is 351 Å². The van der Waals surface area contributed by atoms with Gasteiger partial charge in [-0.1, -0.05) is 59.6 Å². The highest BCUT2D eigenvalue weighted by Gasteiger charge is 2.38. The number of sulfonamides is 1. The smallest absolute Gasteiger partial charge is 0.387 e. The van der Waals surface area contributed by atoms with Gasteiger partial charge < -0.3 is 24.3 Å². The van der Waals surface area contributed by atoms with Crippen molar-refractivity contribution in [1.29, 1.82) is 0 Å². The molecule has 4 heterocycles. The molecule has 0 radical (unpaired) electrons. The van der Waals surface area contributed by atoms with E-state index in [1.54, 1.807) is 30.3 Å². The zero-order chi connectivity index (χ0) is 41.7.